The third-order valence-electron chi connectivity index (χ3n) is 8.37. The maximum Gasteiger partial charge on any atom is 0.123 e. The third-order valence-corrected chi connectivity index (χ3v) is 8.66. The largest absolute Gasteiger partial charge is 0.379 e. The van der Waals surface area contributed by atoms with Gasteiger partial charge in [0, 0.05) is 36.9 Å². The van der Waals surface area contributed by atoms with Gasteiger partial charge in [0.1, 0.15) is 17.6 Å². The average Bonchev–Trinajstić information content (AvgIpc) is 3.81. The Balaban J connectivity index is 1.28. The molecule has 2 N–H and O–H groups in total. The van der Waals surface area contributed by atoms with Gasteiger partial charge in [-0.3, -0.25) is 9.88 Å². The molecule has 0 amide bonds. The Kier molecular flexibility index (Phi) is 8.31. The number of nitriles is 1. The minimum absolute atomic E-state index is 0.109. The minimum Gasteiger partial charge on any atom is -0.379 e. The Labute approximate surface area is 265 Å². The van der Waals surface area contributed by atoms with Crippen LogP contribution < -0.4 is 10.6 Å². The third kappa shape index (κ3) is 6.47. The number of morpholine rings is 1. The first-order chi connectivity index (χ1) is 22.1. The van der Waals surface area contributed by atoms with Gasteiger partial charge in [-0.1, -0.05) is 59.3 Å². The fourth-order valence-electron chi connectivity index (χ4n) is 5.81. The zero-order valence-corrected chi connectivity index (χ0v) is 25.3. The van der Waals surface area contributed by atoms with Crippen molar-refractivity contribution < 1.29 is 9.13 Å². The smallest absolute Gasteiger partial charge is 0.123 e. The fourth-order valence-corrected chi connectivity index (χ4v) is 6.08. The van der Waals surface area contributed by atoms with Crippen LogP contribution in [0.25, 0.3) is 10.9 Å². The molecular formula is C34H32ClFN8O. The lowest BCUT2D eigenvalue weighted by molar-refractivity contribution is 0.0361. The standard InChI is InChI=1S/C34H32ClFN8O/c35-29-17-26(39-33(23-6-8-25(36)9-7-23)31-21-44(42-41-31)27-10-11-27)16-28-32(24(18-37)19-38-34(28)29)40-30(22-4-2-1-3-5-22)20-43-12-14-45-15-13-43/h1-9,16-17,19,21,27,30,33,39H,10-15,20H2,(H,38,40). The highest BCUT2D eigenvalue weighted by Gasteiger charge is 2.27. The van der Waals surface area contributed by atoms with E-state index in [4.69, 9.17) is 16.3 Å². The lowest BCUT2D eigenvalue weighted by atomic mass is 10.0. The van der Waals surface area contributed by atoms with Crippen LogP contribution in [0.4, 0.5) is 15.8 Å². The monoisotopic (exact) mass is 622 g/mol. The number of fused-ring (bicyclic) bond motifs is 1. The molecule has 7 rings (SSSR count). The molecule has 1 aliphatic carbocycles. The maximum absolute atomic E-state index is 13.9. The highest BCUT2D eigenvalue weighted by Crippen LogP contribution is 2.38. The molecule has 0 bridgehead atoms. The van der Waals surface area contributed by atoms with Crippen molar-refractivity contribution in [2.75, 3.05) is 43.5 Å². The quantitative estimate of drug-likeness (QED) is 0.182. The lowest BCUT2D eigenvalue weighted by Gasteiger charge is -2.32. The van der Waals surface area contributed by atoms with Gasteiger partial charge in [0.15, 0.2) is 0 Å². The molecule has 2 fully saturated rings. The van der Waals surface area contributed by atoms with E-state index in [1.54, 1.807) is 18.3 Å². The van der Waals surface area contributed by atoms with E-state index >= 15 is 0 Å². The van der Waals surface area contributed by atoms with Crippen LogP contribution in [0.15, 0.2) is 79.1 Å². The van der Waals surface area contributed by atoms with E-state index in [0.717, 1.165) is 43.6 Å². The van der Waals surface area contributed by atoms with Gasteiger partial charge >= 0.3 is 0 Å². The number of rotatable bonds is 10. The number of halogens is 2. The van der Waals surface area contributed by atoms with E-state index in [2.05, 4.69) is 49.0 Å². The molecule has 0 spiro atoms. The van der Waals surface area contributed by atoms with Gasteiger partial charge in [-0.05, 0) is 48.2 Å². The number of hydrogen-bond acceptors (Lipinski definition) is 8. The maximum atomic E-state index is 13.9. The zero-order chi connectivity index (χ0) is 30.8. The van der Waals surface area contributed by atoms with Gasteiger partial charge in [0.25, 0.3) is 0 Å². The molecule has 2 aliphatic rings. The van der Waals surface area contributed by atoms with Crippen molar-refractivity contribution in [3.8, 4) is 6.07 Å². The summed E-state index contributed by atoms with van der Waals surface area (Å²) in [4.78, 5) is 6.93. The van der Waals surface area contributed by atoms with Crippen LogP contribution in [0.2, 0.25) is 5.02 Å². The molecule has 5 aromatic rings. The van der Waals surface area contributed by atoms with Gasteiger partial charge in [-0.25, -0.2) is 9.07 Å². The van der Waals surface area contributed by atoms with Gasteiger partial charge < -0.3 is 15.4 Å². The van der Waals surface area contributed by atoms with Gasteiger partial charge in [-0.15, -0.1) is 5.10 Å². The van der Waals surface area contributed by atoms with Gasteiger partial charge in [0.2, 0.25) is 0 Å². The second kappa shape index (κ2) is 12.8. The Morgan fingerprint density at radius 1 is 1.02 bits per heavy atom. The summed E-state index contributed by atoms with van der Waals surface area (Å²) in [6.45, 7) is 3.79. The summed E-state index contributed by atoms with van der Waals surface area (Å²) in [5.41, 5.74) is 5.00. The number of aromatic nitrogens is 4. The summed E-state index contributed by atoms with van der Waals surface area (Å²) in [6, 6.07) is 22.5. The molecule has 11 heteroatoms. The fraction of sp³-hybridized carbons (Fsp3) is 0.294. The van der Waals surface area contributed by atoms with E-state index < -0.39 is 6.04 Å². The van der Waals surface area contributed by atoms with E-state index in [-0.39, 0.29) is 11.9 Å². The second-order valence-corrected chi connectivity index (χ2v) is 11.9. The molecule has 2 atom stereocenters. The molecule has 2 unspecified atom stereocenters. The Morgan fingerprint density at radius 3 is 2.53 bits per heavy atom. The molecule has 228 valence electrons. The number of nitrogens with one attached hydrogen (secondary N) is 2. The first kappa shape index (κ1) is 29.2. The summed E-state index contributed by atoms with van der Waals surface area (Å²) in [6.07, 6.45) is 5.67. The summed E-state index contributed by atoms with van der Waals surface area (Å²) in [5, 5.41) is 27.4. The van der Waals surface area contributed by atoms with Crippen LogP contribution in [0.3, 0.4) is 0 Å². The highest BCUT2D eigenvalue weighted by atomic mass is 35.5. The van der Waals surface area contributed by atoms with Crippen molar-refractivity contribution in [3.63, 3.8) is 0 Å². The SMILES string of the molecule is N#Cc1cnc2c(Cl)cc(NC(c3ccc(F)cc3)c3cn(C4CC4)nn3)cc2c1NC(CN1CCOCC1)c1ccccc1. The van der Waals surface area contributed by atoms with Crippen LogP contribution in [0.5, 0.6) is 0 Å². The summed E-state index contributed by atoms with van der Waals surface area (Å²) in [7, 11) is 0. The molecule has 1 aliphatic heterocycles. The second-order valence-electron chi connectivity index (χ2n) is 11.5. The number of hydrogen-bond donors (Lipinski definition) is 2. The molecule has 45 heavy (non-hydrogen) atoms. The van der Waals surface area contributed by atoms with Crippen molar-refractivity contribution in [2.24, 2.45) is 0 Å². The van der Waals surface area contributed by atoms with Crippen LogP contribution in [-0.4, -0.2) is 57.7 Å². The molecule has 0 radical (unpaired) electrons. The normalized spacial score (nSPS) is 16.6. The van der Waals surface area contributed by atoms with Crippen LogP contribution in [0, 0.1) is 17.1 Å². The number of nitrogens with zero attached hydrogens (tertiary/aromatic N) is 6. The Bertz CT molecular complexity index is 1830. The van der Waals surface area contributed by atoms with Crippen molar-refractivity contribution in [3.05, 3.63) is 112 Å². The molecule has 3 heterocycles. The molecule has 2 aromatic heterocycles. The minimum atomic E-state index is -0.423. The summed E-state index contributed by atoms with van der Waals surface area (Å²) in [5.74, 6) is -0.316. The Hall–Kier alpha value is -4.56. The first-order valence-corrected chi connectivity index (χ1v) is 15.5. The zero-order valence-electron chi connectivity index (χ0n) is 24.5. The van der Waals surface area contributed by atoms with Crippen LogP contribution in [0.1, 0.15) is 53.4 Å². The highest BCUT2D eigenvalue weighted by molar-refractivity contribution is 6.35. The summed E-state index contributed by atoms with van der Waals surface area (Å²) < 4.78 is 21.4. The average molecular weight is 623 g/mol. The lowest BCUT2D eigenvalue weighted by Crippen LogP contribution is -2.40. The van der Waals surface area contributed by atoms with E-state index in [1.807, 2.05) is 41.2 Å². The van der Waals surface area contributed by atoms with Gasteiger partial charge in [0.05, 0.1) is 59.3 Å². The predicted octanol–water partition coefficient (Wildman–Crippen LogP) is 6.51. The van der Waals surface area contributed by atoms with E-state index in [0.29, 0.717) is 57.8 Å². The van der Waals surface area contributed by atoms with Gasteiger partial charge in [-0.2, -0.15) is 5.26 Å². The summed E-state index contributed by atoms with van der Waals surface area (Å²) >= 11 is 6.87. The first-order valence-electron chi connectivity index (χ1n) is 15.1. The molecule has 3 aromatic carbocycles. The van der Waals surface area contributed by atoms with Crippen molar-refractivity contribution >= 4 is 33.9 Å². The van der Waals surface area contributed by atoms with E-state index in [9.17, 15) is 9.65 Å². The number of anilines is 2. The predicted molar refractivity (Wildman–Crippen MR) is 172 cm³/mol. The van der Waals surface area contributed by atoms with Crippen molar-refractivity contribution in [2.45, 2.75) is 31.0 Å². The van der Waals surface area contributed by atoms with Crippen molar-refractivity contribution in [1.29, 1.82) is 5.26 Å². The van der Waals surface area contributed by atoms with Crippen molar-refractivity contribution in [1.82, 2.24) is 24.9 Å². The van der Waals surface area contributed by atoms with Crippen LogP contribution in [-0.2, 0) is 4.74 Å². The van der Waals surface area contributed by atoms with E-state index in [1.165, 1.54) is 12.1 Å². The molecule has 1 saturated carbocycles. The van der Waals surface area contributed by atoms with Crippen LogP contribution >= 0.6 is 11.6 Å². The number of benzene rings is 3. The molecule has 1 saturated heterocycles. The Morgan fingerprint density at radius 2 is 1.80 bits per heavy atom. The topological polar surface area (TPSA) is 104 Å². The molecular weight excluding hydrogens is 591 g/mol. The molecule has 9 nitrogen and oxygen atoms in total. The number of pyridine rings is 1. The number of ether oxygens (including phenoxy) is 1.